The van der Waals surface area contributed by atoms with Crippen molar-refractivity contribution in [1.29, 1.82) is 0 Å². The summed E-state index contributed by atoms with van der Waals surface area (Å²) in [6.07, 6.45) is 2.78. The lowest BCUT2D eigenvalue weighted by molar-refractivity contribution is -0.137. The Morgan fingerprint density at radius 2 is 2.05 bits per heavy atom. The first-order chi connectivity index (χ1) is 9.21. The van der Waals surface area contributed by atoms with Gasteiger partial charge in [0.1, 0.15) is 0 Å². The second kappa shape index (κ2) is 6.95. The molecule has 5 nitrogen and oxygen atoms in total. The monoisotopic (exact) mass is 284 g/mol. The number of carboxylic acid groups (broad SMARTS) is 1. The molecule has 2 amide bonds. The first-order valence-electron chi connectivity index (χ1n) is 7.48. The Morgan fingerprint density at radius 3 is 2.50 bits per heavy atom. The van der Waals surface area contributed by atoms with Crippen LogP contribution in [0.2, 0.25) is 0 Å². The third kappa shape index (κ3) is 5.80. The summed E-state index contributed by atoms with van der Waals surface area (Å²) in [5.41, 5.74) is -0.00956. The summed E-state index contributed by atoms with van der Waals surface area (Å²) in [7, 11) is 0. The molecule has 0 bridgehead atoms. The van der Waals surface area contributed by atoms with E-state index in [1.54, 1.807) is 0 Å². The number of carboxylic acids is 1. The summed E-state index contributed by atoms with van der Waals surface area (Å²) < 4.78 is 0. The van der Waals surface area contributed by atoms with Crippen LogP contribution >= 0.6 is 0 Å². The first-order valence-corrected chi connectivity index (χ1v) is 7.48. The number of hydrogen-bond donors (Lipinski definition) is 2. The molecule has 1 aliphatic rings. The fraction of sp³-hybridized carbons (Fsp3) is 0.867. The van der Waals surface area contributed by atoms with Crippen molar-refractivity contribution in [3.63, 3.8) is 0 Å². The van der Waals surface area contributed by atoms with Gasteiger partial charge in [0.2, 0.25) is 0 Å². The van der Waals surface area contributed by atoms with Crippen molar-refractivity contribution in [3.8, 4) is 0 Å². The summed E-state index contributed by atoms with van der Waals surface area (Å²) in [6, 6.07) is -0.419. The van der Waals surface area contributed by atoms with Gasteiger partial charge in [-0.1, -0.05) is 34.1 Å². The van der Waals surface area contributed by atoms with Gasteiger partial charge in [0.25, 0.3) is 0 Å². The maximum atomic E-state index is 12.2. The summed E-state index contributed by atoms with van der Waals surface area (Å²) >= 11 is 0. The van der Waals surface area contributed by atoms with Gasteiger partial charge in [0.15, 0.2) is 0 Å². The molecule has 0 radical (unpaired) electrons. The number of likely N-dealkylation sites (tertiary alicyclic amines) is 1. The van der Waals surface area contributed by atoms with Crippen molar-refractivity contribution in [2.75, 3.05) is 13.1 Å². The number of amides is 2. The number of hydrogen-bond acceptors (Lipinski definition) is 2. The number of nitrogens with one attached hydrogen (secondary N) is 1. The average molecular weight is 284 g/mol. The molecule has 20 heavy (non-hydrogen) atoms. The van der Waals surface area contributed by atoms with Gasteiger partial charge in [-0.3, -0.25) is 4.79 Å². The van der Waals surface area contributed by atoms with Crippen LogP contribution in [-0.2, 0) is 4.79 Å². The second-order valence-electron chi connectivity index (χ2n) is 7.02. The highest BCUT2D eigenvalue weighted by Crippen LogP contribution is 2.23. The molecular formula is C15H28N2O3. The molecule has 0 aromatic rings. The number of rotatable bonds is 5. The van der Waals surface area contributed by atoms with Gasteiger partial charge in [-0.25, -0.2) is 4.79 Å². The predicted octanol–water partition coefficient (Wildman–Crippen LogP) is 2.71. The van der Waals surface area contributed by atoms with E-state index in [2.05, 4.69) is 33.0 Å². The molecular weight excluding hydrogens is 256 g/mol. The second-order valence-corrected chi connectivity index (χ2v) is 7.02. The smallest absolute Gasteiger partial charge is 0.317 e. The van der Waals surface area contributed by atoms with Crippen LogP contribution in [0.15, 0.2) is 0 Å². The van der Waals surface area contributed by atoms with E-state index < -0.39 is 5.97 Å². The summed E-state index contributed by atoms with van der Waals surface area (Å²) in [4.78, 5) is 24.9. The zero-order chi connectivity index (χ0) is 15.3. The van der Waals surface area contributed by atoms with E-state index in [0.29, 0.717) is 12.3 Å². The molecule has 5 heteroatoms. The zero-order valence-electron chi connectivity index (χ0n) is 13.1. The van der Waals surface area contributed by atoms with Gasteiger partial charge in [-0.2, -0.15) is 0 Å². The molecule has 2 unspecified atom stereocenters. The average Bonchev–Trinajstić information content (AvgIpc) is 2.73. The molecule has 0 aliphatic carbocycles. The fourth-order valence-electron chi connectivity index (χ4n) is 2.74. The van der Waals surface area contributed by atoms with Gasteiger partial charge >= 0.3 is 12.0 Å². The van der Waals surface area contributed by atoms with Crippen LogP contribution in [0.5, 0.6) is 0 Å². The van der Waals surface area contributed by atoms with Gasteiger partial charge in [-0.05, 0) is 24.2 Å². The van der Waals surface area contributed by atoms with E-state index in [-0.39, 0.29) is 23.9 Å². The van der Waals surface area contributed by atoms with Gasteiger partial charge < -0.3 is 15.3 Å². The fourth-order valence-corrected chi connectivity index (χ4v) is 2.74. The van der Waals surface area contributed by atoms with Gasteiger partial charge in [-0.15, -0.1) is 0 Å². The van der Waals surface area contributed by atoms with E-state index in [9.17, 15) is 9.59 Å². The Hall–Kier alpha value is -1.26. The highest BCUT2D eigenvalue weighted by molar-refractivity contribution is 5.76. The van der Waals surface area contributed by atoms with E-state index in [1.165, 1.54) is 0 Å². The van der Waals surface area contributed by atoms with Crippen LogP contribution in [0.1, 0.15) is 53.4 Å². The Labute approximate surface area is 121 Å². The molecule has 1 rings (SSSR count). The molecule has 0 aromatic carbocycles. The SMILES string of the molecule is CCC1CCN(C(=O)NC(CC(=O)O)CC(C)(C)C)C1. The highest BCUT2D eigenvalue weighted by Gasteiger charge is 2.28. The van der Waals surface area contributed by atoms with Crippen molar-refractivity contribution in [3.05, 3.63) is 0 Å². The van der Waals surface area contributed by atoms with E-state index in [4.69, 9.17) is 5.11 Å². The normalized spacial score (nSPS) is 20.8. The molecule has 1 saturated heterocycles. The highest BCUT2D eigenvalue weighted by atomic mass is 16.4. The summed E-state index contributed by atoms with van der Waals surface area (Å²) in [5, 5.41) is 11.9. The third-order valence-corrected chi connectivity index (χ3v) is 3.76. The Balaban J connectivity index is 2.55. The minimum Gasteiger partial charge on any atom is -0.481 e. The van der Waals surface area contributed by atoms with Crippen molar-refractivity contribution < 1.29 is 14.7 Å². The maximum Gasteiger partial charge on any atom is 0.317 e. The Morgan fingerprint density at radius 1 is 1.40 bits per heavy atom. The van der Waals surface area contributed by atoms with Crippen molar-refractivity contribution >= 4 is 12.0 Å². The van der Waals surface area contributed by atoms with Crippen LogP contribution < -0.4 is 5.32 Å². The summed E-state index contributed by atoms with van der Waals surface area (Å²) in [5.74, 6) is -0.284. The lowest BCUT2D eigenvalue weighted by Crippen LogP contribution is -2.46. The lowest BCUT2D eigenvalue weighted by Gasteiger charge is -2.28. The molecule has 2 atom stereocenters. The molecule has 1 aliphatic heterocycles. The molecule has 0 spiro atoms. The van der Waals surface area contributed by atoms with Crippen LogP contribution in [-0.4, -0.2) is 41.1 Å². The third-order valence-electron chi connectivity index (χ3n) is 3.76. The number of urea groups is 1. The Kier molecular flexibility index (Phi) is 5.84. The Bertz CT molecular complexity index is 350. The molecule has 116 valence electrons. The number of carbonyl (C=O) groups is 2. The molecule has 2 N–H and O–H groups in total. The van der Waals surface area contributed by atoms with Gasteiger partial charge in [0, 0.05) is 19.1 Å². The summed E-state index contributed by atoms with van der Waals surface area (Å²) in [6.45, 7) is 9.86. The number of aliphatic carboxylic acids is 1. The van der Waals surface area contributed by atoms with Crippen LogP contribution in [0.25, 0.3) is 0 Å². The largest absolute Gasteiger partial charge is 0.481 e. The first kappa shape index (κ1) is 16.8. The number of carbonyl (C=O) groups excluding carboxylic acids is 1. The topological polar surface area (TPSA) is 69.6 Å². The van der Waals surface area contributed by atoms with E-state index in [0.717, 1.165) is 25.9 Å². The maximum absolute atomic E-state index is 12.2. The predicted molar refractivity (Wildman–Crippen MR) is 78.6 cm³/mol. The van der Waals surface area contributed by atoms with Gasteiger partial charge in [0.05, 0.1) is 6.42 Å². The van der Waals surface area contributed by atoms with Crippen molar-refractivity contribution in [2.24, 2.45) is 11.3 Å². The van der Waals surface area contributed by atoms with Crippen molar-refractivity contribution in [1.82, 2.24) is 10.2 Å². The van der Waals surface area contributed by atoms with Crippen LogP contribution in [0.3, 0.4) is 0 Å². The quantitative estimate of drug-likeness (QED) is 0.815. The minimum atomic E-state index is -0.868. The van der Waals surface area contributed by atoms with Crippen LogP contribution in [0.4, 0.5) is 4.79 Å². The molecule has 0 aromatic heterocycles. The zero-order valence-corrected chi connectivity index (χ0v) is 13.1. The van der Waals surface area contributed by atoms with Crippen molar-refractivity contribution in [2.45, 2.75) is 59.4 Å². The molecule has 1 fully saturated rings. The number of nitrogens with zero attached hydrogens (tertiary/aromatic N) is 1. The standard InChI is InChI=1S/C15H28N2O3/c1-5-11-6-7-17(10-11)14(20)16-12(8-13(18)19)9-15(2,3)4/h11-12H,5-10H2,1-4H3,(H,16,20)(H,18,19). The molecule has 0 saturated carbocycles. The van der Waals surface area contributed by atoms with E-state index >= 15 is 0 Å². The lowest BCUT2D eigenvalue weighted by atomic mass is 9.87. The van der Waals surface area contributed by atoms with Crippen LogP contribution in [0, 0.1) is 11.3 Å². The molecule has 1 heterocycles. The minimum absolute atomic E-state index is 0.00956. The van der Waals surface area contributed by atoms with E-state index in [1.807, 2.05) is 4.90 Å².